The molecule has 0 bridgehead atoms. The smallest absolute Gasteiger partial charge is 0.145 e. The lowest BCUT2D eigenvalue weighted by molar-refractivity contribution is 0.158. The molecule has 0 aliphatic carbocycles. The predicted molar refractivity (Wildman–Crippen MR) is 106 cm³/mol. The first-order valence-corrected chi connectivity index (χ1v) is 9.58. The van der Waals surface area contributed by atoms with Gasteiger partial charge in [0.25, 0.3) is 0 Å². The largest absolute Gasteiger partial charge is 0.387 e. The molecule has 0 saturated carbocycles. The first-order valence-electron chi connectivity index (χ1n) is 8.79. The Morgan fingerprint density at radius 2 is 1.64 bits per heavy atom. The number of nitrogens with zero attached hydrogens (tertiary/aromatic N) is 2. The van der Waals surface area contributed by atoms with E-state index < -0.39 is 6.10 Å². The summed E-state index contributed by atoms with van der Waals surface area (Å²) in [5, 5.41) is 10.7. The normalized spacial score (nSPS) is 12.3. The van der Waals surface area contributed by atoms with Crippen molar-refractivity contribution in [3.05, 3.63) is 71.0 Å². The molecule has 4 heteroatoms. The zero-order valence-corrected chi connectivity index (χ0v) is 16.0. The van der Waals surface area contributed by atoms with Crippen LogP contribution >= 0.6 is 15.9 Å². The van der Waals surface area contributed by atoms with E-state index in [1.165, 1.54) is 0 Å². The number of aromatic nitrogens is 2. The second-order valence-corrected chi connectivity index (χ2v) is 6.91. The number of aliphatic hydroxyl groups is 1. The number of benzene rings is 2. The maximum Gasteiger partial charge on any atom is 0.145 e. The van der Waals surface area contributed by atoms with E-state index in [4.69, 9.17) is 4.98 Å². The molecule has 0 fully saturated rings. The lowest BCUT2D eigenvalue weighted by Gasteiger charge is -2.10. The third-order valence-electron chi connectivity index (χ3n) is 4.29. The highest BCUT2D eigenvalue weighted by Gasteiger charge is 2.22. The molecule has 1 atom stereocenters. The highest BCUT2D eigenvalue weighted by molar-refractivity contribution is 9.10. The van der Waals surface area contributed by atoms with Gasteiger partial charge in [-0.25, -0.2) is 4.98 Å². The molecule has 130 valence electrons. The molecule has 1 heterocycles. The van der Waals surface area contributed by atoms with E-state index in [9.17, 15) is 5.11 Å². The van der Waals surface area contributed by atoms with Gasteiger partial charge in [0.2, 0.25) is 0 Å². The molecule has 1 unspecified atom stereocenters. The number of hydrogen-bond acceptors (Lipinski definition) is 2. The second kappa shape index (κ2) is 8.45. The molecule has 0 saturated heterocycles. The lowest BCUT2D eigenvalue weighted by atomic mass is 10.1. The molecule has 3 nitrogen and oxygen atoms in total. The third kappa shape index (κ3) is 4.02. The summed E-state index contributed by atoms with van der Waals surface area (Å²) >= 11 is 3.69. The highest BCUT2D eigenvalue weighted by atomic mass is 79.9. The van der Waals surface area contributed by atoms with Gasteiger partial charge < -0.3 is 5.11 Å². The van der Waals surface area contributed by atoms with Crippen LogP contribution in [-0.2, 0) is 0 Å². The van der Waals surface area contributed by atoms with Crippen LogP contribution in [0.25, 0.3) is 17.1 Å². The number of halogens is 1. The summed E-state index contributed by atoms with van der Waals surface area (Å²) in [6.07, 6.45) is 3.43. The summed E-state index contributed by atoms with van der Waals surface area (Å²) in [6.45, 7) is 2.17. The van der Waals surface area contributed by atoms with E-state index in [2.05, 4.69) is 27.4 Å². The molecule has 25 heavy (non-hydrogen) atoms. The van der Waals surface area contributed by atoms with Gasteiger partial charge >= 0.3 is 0 Å². The van der Waals surface area contributed by atoms with Gasteiger partial charge in [-0.1, -0.05) is 74.7 Å². The Morgan fingerprint density at radius 1 is 1.00 bits per heavy atom. The van der Waals surface area contributed by atoms with E-state index in [0.29, 0.717) is 5.69 Å². The lowest BCUT2D eigenvalue weighted by Crippen LogP contribution is -2.00. The predicted octanol–water partition coefficient (Wildman–Crippen LogP) is 5.92. The summed E-state index contributed by atoms with van der Waals surface area (Å²) in [5.74, 6) is 0.836. The monoisotopic (exact) mass is 398 g/mol. The fourth-order valence-corrected chi connectivity index (χ4v) is 3.67. The molecule has 0 spiro atoms. The quantitative estimate of drug-likeness (QED) is 0.501. The Balaban J connectivity index is 2.06. The molecule has 3 aromatic rings. The Morgan fingerprint density at radius 3 is 2.28 bits per heavy atom. The third-order valence-corrected chi connectivity index (χ3v) is 5.05. The van der Waals surface area contributed by atoms with Crippen molar-refractivity contribution in [1.82, 2.24) is 9.55 Å². The number of para-hydroxylation sites is 1. The maximum absolute atomic E-state index is 10.7. The molecule has 0 aliphatic rings. The van der Waals surface area contributed by atoms with Gasteiger partial charge in [0.05, 0.1) is 6.10 Å². The summed E-state index contributed by atoms with van der Waals surface area (Å²) in [5.41, 5.74) is 2.76. The van der Waals surface area contributed by atoms with Gasteiger partial charge in [0.1, 0.15) is 16.1 Å². The van der Waals surface area contributed by atoms with Crippen LogP contribution in [0, 0.1) is 0 Å². The van der Waals surface area contributed by atoms with Crippen LogP contribution < -0.4 is 0 Å². The fourth-order valence-electron chi connectivity index (χ4n) is 2.95. The number of aliphatic hydroxyl groups excluding tert-OH is 1. The van der Waals surface area contributed by atoms with Crippen molar-refractivity contribution in [2.75, 3.05) is 0 Å². The van der Waals surface area contributed by atoms with E-state index >= 15 is 0 Å². The van der Waals surface area contributed by atoms with Crippen molar-refractivity contribution < 1.29 is 5.11 Å². The van der Waals surface area contributed by atoms with Crippen molar-refractivity contribution in [2.24, 2.45) is 0 Å². The summed E-state index contributed by atoms with van der Waals surface area (Å²) in [4.78, 5) is 4.80. The average Bonchev–Trinajstić information content (AvgIpc) is 3.00. The minimum Gasteiger partial charge on any atom is -0.387 e. The van der Waals surface area contributed by atoms with Gasteiger partial charge in [0.15, 0.2) is 0 Å². The van der Waals surface area contributed by atoms with Crippen molar-refractivity contribution in [1.29, 1.82) is 0 Å². The first kappa shape index (κ1) is 17.9. The van der Waals surface area contributed by atoms with Gasteiger partial charge in [-0.3, -0.25) is 4.57 Å². The minimum absolute atomic E-state index is 0.562. The van der Waals surface area contributed by atoms with Crippen molar-refractivity contribution >= 4 is 15.9 Å². The zero-order valence-electron chi connectivity index (χ0n) is 14.4. The van der Waals surface area contributed by atoms with Crippen LogP contribution in [0.5, 0.6) is 0 Å². The van der Waals surface area contributed by atoms with E-state index in [1.807, 2.05) is 60.7 Å². The van der Waals surface area contributed by atoms with Gasteiger partial charge in [-0.05, 0) is 34.5 Å². The first-order chi connectivity index (χ1) is 12.2. The Bertz CT molecular complexity index is 800. The van der Waals surface area contributed by atoms with Crippen LogP contribution in [0.2, 0.25) is 0 Å². The zero-order chi connectivity index (χ0) is 17.6. The summed E-state index contributed by atoms with van der Waals surface area (Å²) in [7, 11) is 0. The van der Waals surface area contributed by atoms with E-state index in [1.54, 1.807) is 0 Å². The molecular weight excluding hydrogens is 376 g/mol. The van der Waals surface area contributed by atoms with E-state index in [0.717, 1.165) is 47.4 Å². The van der Waals surface area contributed by atoms with Crippen LogP contribution in [0.3, 0.4) is 0 Å². The van der Waals surface area contributed by atoms with Crippen molar-refractivity contribution in [3.63, 3.8) is 0 Å². The van der Waals surface area contributed by atoms with E-state index in [-0.39, 0.29) is 0 Å². The highest BCUT2D eigenvalue weighted by Crippen LogP contribution is 2.34. The summed E-state index contributed by atoms with van der Waals surface area (Å²) in [6, 6.07) is 20.2. The van der Waals surface area contributed by atoms with Crippen LogP contribution in [0.1, 0.15) is 44.4 Å². The van der Waals surface area contributed by atoms with Gasteiger partial charge in [-0.15, -0.1) is 0 Å². The standard InChI is InChI=1S/C21H23BrN2O/c1-2-3-6-15-18(25)19-20(22)24(17-13-9-5-10-14-17)21(23-19)16-11-7-4-8-12-16/h4-5,7-14,18,25H,2-3,6,15H2,1H3. The van der Waals surface area contributed by atoms with Crippen LogP contribution in [-0.4, -0.2) is 14.7 Å². The number of imidazole rings is 1. The van der Waals surface area contributed by atoms with Crippen molar-refractivity contribution in [3.8, 4) is 17.1 Å². The Hall–Kier alpha value is -1.91. The number of rotatable bonds is 7. The van der Waals surface area contributed by atoms with Gasteiger partial charge in [0, 0.05) is 11.3 Å². The molecule has 0 amide bonds. The number of unbranched alkanes of at least 4 members (excludes halogenated alkanes) is 2. The van der Waals surface area contributed by atoms with Crippen molar-refractivity contribution in [2.45, 2.75) is 38.7 Å². The molecular formula is C21H23BrN2O. The molecule has 0 radical (unpaired) electrons. The average molecular weight is 399 g/mol. The fraction of sp³-hybridized carbons (Fsp3) is 0.286. The molecule has 2 aromatic carbocycles. The Labute approximate surface area is 157 Å². The molecule has 0 aliphatic heterocycles. The Kier molecular flexibility index (Phi) is 6.05. The van der Waals surface area contributed by atoms with Crippen LogP contribution in [0.4, 0.5) is 0 Å². The summed E-state index contributed by atoms with van der Waals surface area (Å²) < 4.78 is 2.88. The van der Waals surface area contributed by atoms with Crippen LogP contribution in [0.15, 0.2) is 65.3 Å². The molecule has 1 N–H and O–H groups in total. The molecule has 3 rings (SSSR count). The maximum atomic E-state index is 10.7. The van der Waals surface area contributed by atoms with Gasteiger partial charge in [-0.2, -0.15) is 0 Å². The topological polar surface area (TPSA) is 38.1 Å². The molecule has 1 aromatic heterocycles. The number of hydrogen-bond donors (Lipinski definition) is 1. The minimum atomic E-state index is -0.562. The SMILES string of the molecule is CCCCCC(O)c1nc(-c2ccccc2)n(-c2ccccc2)c1Br. The second-order valence-electron chi connectivity index (χ2n) is 6.16.